The number of fused-ring (bicyclic) bond motifs is 1. The summed E-state index contributed by atoms with van der Waals surface area (Å²) in [4.78, 5) is 69.9. The van der Waals surface area contributed by atoms with Crippen LogP contribution in [0.15, 0.2) is 72.9 Å². The van der Waals surface area contributed by atoms with Crippen LogP contribution in [0.4, 0.5) is 5.69 Å². The van der Waals surface area contributed by atoms with Gasteiger partial charge in [-0.1, -0.05) is 18.2 Å². The normalized spacial score (nSPS) is 18.5. The molecule has 1 unspecified atom stereocenters. The van der Waals surface area contributed by atoms with Crippen molar-refractivity contribution in [1.29, 1.82) is 0 Å². The highest BCUT2D eigenvalue weighted by molar-refractivity contribution is 6.06. The third kappa shape index (κ3) is 8.93. The van der Waals surface area contributed by atoms with Gasteiger partial charge in [-0.25, -0.2) is 5.48 Å². The number of nitrogens with zero attached hydrogens (tertiary/aromatic N) is 5. The number of carbonyl (C=O) groups excluding carboxylic acids is 5. The number of ether oxygens (including phenoxy) is 1. The molecule has 3 N–H and O–H groups in total. The maximum atomic E-state index is 13.5. The number of nitrogens with one attached hydrogen (secondary N) is 2. The number of piperidine rings is 2. The van der Waals surface area contributed by atoms with Gasteiger partial charge in [-0.2, -0.15) is 0 Å². The maximum absolute atomic E-state index is 13.5. The SMILES string of the molecule is CN(C(=O)c1cc(N2CCN(CC3CCN(Cc4cccc(OCCn5ccc6ccc(C(=O)NO)cc65)c4)CC3)CC2)ccc1C=O)C1CCC(=O)NC1=O. The van der Waals surface area contributed by atoms with Gasteiger partial charge in [-0.3, -0.25) is 44.3 Å². The van der Waals surface area contributed by atoms with Crippen LogP contribution in [0.2, 0.25) is 0 Å². The fourth-order valence-electron chi connectivity index (χ4n) is 8.13. The van der Waals surface area contributed by atoms with Crippen molar-refractivity contribution in [1.82, 2.24) is 30.1 Å². The van der Waals surface area contributed by atoms with Crippen molar-refractivity contribution in [3.63, 3.8) is 0 Å². The quantitative estimate of drug-likeness (QED) is 0.0797. The summed E-state index contributed by atoms with van der Waals surface area (Å²) in [7, 11) is 1.54. The van der Waals surface area contributed by atoms with E-state index in [1.54, 1.807) is 29.7 Å². The second-order valence-corrected chi connectivity index (χ2v) is 15.0. The second kappa shape index (κ2) is 17.5. The van der Waals surface area contributed by atoms with Gasteiger partial charge in [0.1, 0.15) is 18.4 Å². The van der Waals surface area contributed by atoms with Crippen LogP contribution in [0.5, 0.6) is 5.75 Å². The monoisotopic (exact) mass is 763 g/mol. The number of carbonyl (C=O) groups is 5. The lowest BCUT2D eigenvalue weighted by atomic mass is 9.95. The number of rotatable bonds is 13. The molecule has 56 heavy (non-hydrogen) atoms. The molecule has 3 aromatic carbocycles. The van der Waals surface area contributed by atoms with Crippen molar-refractivity contribution < 1.29 is 33.9 Å². The molecule has 3 aliphatic heterocycles. The number of anilines is 1. The van der Waals surface area contributed by atoms with E-state index in [4.69, 9.17) is 9.94 Å². The molecule has 0 radical (unpaired) electrons. The van der Waals surface area contributed by atoms with Gasteiger partial charge in [-0.15, -0.1) is 0 Å². The number of piperazine rings is 1. The molecule has 4 amide bonds. The summed E-state index contributed by atoms with van der Waals surface area (Å²) < 4.78 is 8.18. The molecule has 4 heterocycles. The van der Waals surface area contributed by atoms with Gasteiger partial charge in [-0.05, 0) is 97.8 Å². The molecule has 14 heteroatoms. The van der Waals surface area contributed by atoms with E-state index in [1.165, 1.54) is 17.5 Å². The van der Waals surface area contributed by atoms with Gasteiger partial charge < -0.3 is 19.1 Å². The Kier molecular flexibility index (Phi) is 12.1. The molecule has 0 bridgehead atoms. The number of imide groups is 1. The Hall–Kier alpha value is -5.57. The summed E-state index contributed by atoms with van der Waals surface area (Å²) in [5.74, 6) is -0.338. The highest BCUT2D eigenvalue weighted by atomic mass is 16.5. The van der Waals surface area contributed by atoms with Crippen molar-refractivity contribution in [3.8, 4) is 5.75 Å². The van der Waals surface area contributed by atoms with Crippen molar-refractivity contribution >= 4 is 46.5 Å². The number of amides is 4. The van der Waals surface area contributed by atoms with Crippen LogP contribution < -0.4 is 20.4 Å². The van der Waals surface area contributed by atoms with E-state index >= 15 is 0 Å². The number of likely N-dealkylation sites (tertiary alicyclic amines) is 1. The Balaban J connectivity index is 0.849. The lowest BCUT2D eigenvalue weighted by molar-refractivity contribution is -0.136. The molecular formula is C42H49N7O7. The lowest BCUT2D eigenvalue weighted by Crippen LogP contribution is -2.53. The van der Waals surface area contributed by atoms with E-state index < -0.39 is 23.8 Å². The van der Waals surface area contributed by atoms with Gasteiger partial charge in [0.25, 0.3) is 11.8 Å². The van der Waals surface area contributed by atoms with Gasteiger partial charge in [0.05, 0.1) is 12.1 Å². The second-order valence-electron chi connectivity index (χ2n) is 15.0. The number of benzene rings is 3. The van der Waals surface area contributed by atoms with Gasteiger partial charge in [0, 0.05) is 81.3 Å². The van der Waals surface area contributed by atoms with E-state index in [1.807, 2.05) is 41.1 Å². The molecule has 0 aliphatic carbocycles. The molecule has 1 aromatic heterocycles. The first kappa shape index (κ1) is 38.7. The predicted molar refractivity (Wildman–Crippen MR) is 210 cm³/mol. The van der Waals surface area contributed by atoms with Crippen LogP contribution >= 0.6 is 0 Å². The van der Waals surface area contributed by atoms with Crippen LogP contribution in [-0.4, -0.2) is 120 Å². The van der Waals surface area contributed by atoms with E-state index in [0.29, 0.717) is 30.9 Å². The first-order valence-corrected chi connectivity index (χ1v) is 19.3. The number of aldehydes is 1. The summed E-state index contributed by atoms with van der Waals surface area (Å²) >= 11 is 0. The van der Waals surface area contributed by atoms with Gasteiger partial charge in [0.2, 0.25) is 11.8 Å². The fraction of sp³-hybridized carbons (Fsp3) is 0.405. The summed E-state index contributed by atoms with van der Waals surface area (Å²) in [6.45, 7) is 8.53. The number of hydrogen-bond acceptors (Lipinski definition) is 10. The standard InChI is InChI=1S/C42H49N7O7/c1-45(37-9-10-39(51)43-41(37)53)42(54)36-25-34(8-7-33(36)28-50)48-19-17-47(18-20-48)26-29-11-14-46(15-12-29)27-30-3-2-4-35(23-30)56-22-21-49-16-13-31-5-6-32(24-38(31)49)40(52)44-55/h2-8,13,16,23-25,28-29,37,55H,9-12,14-15,17-22,26-27H2,1H3,(H,44,52)(H,43,51,53). The molecule has 294 valence electrons. The lowest BCUT2D eigenvalue weighted by Gasteiger charge is -2.39. The smallest absolute Gasteiger partial charge is 0.274 e. The number of hydroxylamine groups is 1. The molecular weight excluding hydrogens is 715 g/mol. The molecule has 7 rings (SSSR count). The Morgan fingerprint density at radius 3 is 2.50 bits per heavy atom. The third-order valence-corrected chi connectivity index (χ3v) is 11.4. The first-order chi connectivity index (χ1) is 27.2. The number of likely N-dealkylation sites (N-methyl/N-ethyl adjacent to an activating group) is 1. The number of aromatic nitrogens is 1. The number of hydrogen-bond donors (Lipinski definition) is 3. The topological polar surface area (TPSA) is 157 Å². The van der Waals surface area contributed by atoms with Crippen molar-refractivity contribution in [2.45, 2.75) is 44.8 Å². The van der Waals surface area contributed by atoms with E-state index in [0.717, 1.165) is 87.5 Å². The molecule has 0 saturated carbocycles. The minimum Gasteiger partial charge on any atom is -0.492 e. The van der Waals surface area contributed by atoms with Crippen LogP contribution in [0.25, 0.3) is 10.9 Å². The van der Waals surface area contributed by atoms with E-state index in [9.17, 15) is 24.0 Å². The third-order valence-electron chi connectivity index (χ3n) is 11.4. The van der Waals surface area contributed by atoms with Crippen molar-refractivity contribution in [2.75, 3.05) is 64.4 Å². The average Bonchev–Trinajstić information content (AvgIpc) is 3.63. The average molecular weight is 764 g/mol. The summed E-state index contributed by atoms with van der Waals surface area (Å²) in [6, 6.07) is 20.1. The van der Waals surface area contributed by atoms with Gasteiger partial charge in [0.15, 0.2) is 6.29 Å². The molecule has 3 fully saturated rings. The Bertz CT molecular complexity index is 2080. The summed E-state index contributed by atoms with van der Waals surface area (Å²) in [5, 5.41) is 12.3. The minimum atomic E-state index is -0.762. The molecule has 1 atom stereocenters. The Morgan fingerprint density at radius 1 is 0.946 bits per heavy atom. The molecule has 3 aliphatic rings. The maximum Gasteiger partial charge on any atom is 0.274 e. The first-order valence-electron chi connectivity index (χ1n) is 19.3. The largest absolute Gasteiger partial charge is 0.492 e. The van der Waals surface area contributed by atoms with Crippen molar-refractivity contribution in [2.24, 2.45) is 5.92 Å². The van der Waals surface area contributed by atoms with E-state index in [2.05, 4.69) is 32.1 Å². The highest BCUT2D eigenvalue weighted by Gasteiger charge is 2.34. The van der Waals surface area contributed by atoms with Crippen molar-refractivity contribution in [3.05, 3.63) is 95.2 Å². The zero-order chi connectivity index (χ0) is 39.2. The predicted octanol–water partition coefficient (Wildman–Crippen LogP) is 3.56. The molecule has 4 aromatic rings. The molecule has 3 saturated heterocycles. The zero-order valence-corrected chi connectivity index (χ0v) is 31.7. The summed E-state index contributed by atoms with van der Waals surface area (Å²) in [6.07, 6.45) is 5.34. The Labute approximate surface area is 325 Å². The summed E-state index contributed by atoms with van der Waals surface area (Å²) in [5.41, 5.74) is 5.61. The minimum absolute atomic E-state index is 0.166. The van der Waals surface area contributed by atoms with Crippen LogP contribution in [0, 0.1) is 5.92 Å². The zero-order valence-electron chi connectivity index (χ0n) is 31.7. The van der Waals surface area contributed by atoms with Crippen LogP contribution in [-0.2, 0) is 22.7 Å². The molecule has 0 spiro atoms. The van der Waals surface area contributed by atoms with Crippen LogP contribution in [0.1, 0.15) is 62.3 Å². The fourth-order valence-corrected chi connectivity index (χ4v) is 8.13. The van der Waals surface area contributed by atoms with Crippen LogP contribution in [0.3, 0.4) is 0 Å². The Morgan fingerprint density at radius 2 is 1.75 bits per heavy atom. The highest BCUT2D eigenvalue weighted by Crippen LogP contribution is 2.26. The van der Waals surface area contributed by atoms with E-state index in [-0.39, 0.29) is 29.9 Å². The molecule has 14 nitrogen and oxygen atoms in total. The van der Waals surface area contributed by atoms with Gasteiger partial charge >= 0.3 is 0 Å².